The molecule has 9 aromatic rings. The zero-order valence-corrected chi connectivity index (χ0v) is 30.5. The summed E-state index contributed by atoms with van der Waals surface area (Å²) in [5.74, 6) is 0. The van der Waals surface area contributed by atoms with E-state index in [4.69, 9.17) is 0 Å². The van der Waals surface area contributed by atoms with Crippen LogP contribution in [-0.4, -0.2) is 4.57 Å². The predicted octanol–water partition coefficient (Wildman–Crippen LogP) is 13.2. The highest BCUT2D eigenvalue weighted by Crippen LogP contribution is 2.43. The van der Waals surface area contributed by atoms with Gasteiger partial charge >= 0.3 is 0 Å². The number of aromatic nitrogens is 1. The molecule has 0 aliphatic carbocycles. The molecule has 0 atom stereocenters. The number of para-hydroxylation sites is 3. The molecule has 1 aromatic heterocycles. The Balaban J connectivity index is 1.28. The second kappa shape index (κ2) is 13.7. The Morgan fingerprint density at radius 3 is 1.49 bits per heavy atom. The molecule has 9 rings (SSSR count). The highest BCUT2D eigenvalue weighted by atomic mass is 15.2. The molecule has 0 fully saturated rings. The normalized spacial score (nSPS) is 11.1. The fourth-order valence-corrected chi connectivity index (χ4v) is 7.64. The number of hydrogen-bond donors (Lipinski definition) is 0. The molecule has 5 nitrogen and oxygen atoms in total. The minimum Gasteiger partial charge on any atom is -0.309 e. The van der Waals surface area contributed by atoms with E-state index < -0.39 is 0 Å². The lowest BCUT2D eigenvalue weighted by Gasteiger charge is -2.26. The van der Waals surface area contributed by atoms with Crippen LogP contribution in [0.4, 0.5) is 34.1 Å². The van der Waals surface area contributed by atoms with Gasteiger partial charge < -0.3 is 14.4 Å². The largest absolute Gasteiger partial charge is 0.309 e. The smallest absolute Gasteiger partial charge is 0.101 e. The van der Waals surface area contributed by atoms with Gasteiger partial charge in [-0.1, -0.05) is 90.0 Å². The maximum atomic E-state index is 10.2. The van der Waals surface area contributed by atoms with Crippen LogP contribution in [0.15, 0.2) is 176 Å². The summed E-state index contributed by atoms with van der Waals surface area (Å²) in [6.45, 7) is 4.17. The molecular formula is C50H35N5. The van der Waals surface area contributed by atoms with Gasteiger partial charge in [-0.3, -0.25) is 0 Å². The average Bonchev–Trinajstić information content (AvgIpc) is 3.54. The summed E-state index contributed by atoms with van der Waals surface area (Å²) in [5.41, 5.74) is 12.3. The molecule has 0 spiro atoms. The number of aryl methyl sites for hydroxylation is 2. The monoisotopic (exact) mass is 705 g/mol. The molecular weight excluding hydrogens is 671 g/mol. The summed E-state index contributed by atoms with van der Waals surface area (Å²) in [6, 6.07) is 65.4. The van der Waals surface area contributed by atoms with E-state index in [9.17, 15) is 10.5 Å². The zero-order valence-electron chi connectivity index (χ0n) is 30.5. The minimum absolute atomic E-state index is 0.603. The molecule has 0 aliphatic heterocycles. The first-order valence-electron chi connectivity index (χ1n) is 18.3. The third kappa shape index (κ3) is 5.91. The van der Waals surface area contributed by atoms with E-state index in [1.54, 1.807) is 0 Å². The third-order valence-electron chi connectivity index (χ3n) is 10.3. The summed E-state index contributed by atoms with van der Waals surface area (Å²) in [6.07, 6.45) is 0. The highest BCUT2D eigenvalue weighted by Gasteiger charge is 2.21. The lowest BCUT2D eigenvalue weighted by atomic mass is 10.0. The molecule has 55 heavy (non-hydrogen) atoms. The quantitative estimate of drug-likeness (QED) is 0.166. The van der Waals surface area contributed by atoms with E-state index in [0.717, 1.165) is 72.4 Å². The maximum Gasteiger partial charge on any atom is 0.101 e. The van der Waals surface area contributed by atoms with Crippen molar-refractivity contribution in [3.63, 3.8) is 0 Å². The average molecular weight is 706 g/mol. The second-order valence-electron chi connectivity index (χ2n) is 13.9. The third-order valence-corrected chi connectivity index (χ3v) is 10.3. The van der Waals surface area contributed by atoms with Crippen LogP contribution in [0.1, 0.15) is 22.3 Å². The molecule has 0 bridgehead atoms. The number of rotatable bonds is 7. The van der Waals surface area contributed by atoms with Crippen LogP contribution in [0.25, 0.3) is 38.3 Å². The lowest BCUT2D eigenvalue weighted by molar-refractivity contribution is 1.18. The number of fused-ring (bicyclic) bond motifs is 4. The fraction of sp³-hybridized carbons (Fsp3) is 0.0400. The van der Waals surface area contributed by atoms with Crippen LogP contribution in [0.5, 0.6) is 0 Å². The van der Waals surface area contributed by atoms with Crippen molar-refractivity contribution >= 4 is 66.7 Å². The predicted molar refractivity (Wildman–Crippen MR) is 227 cm³/mol. The van der Waals surface area contributed by atoms with Gasteiger partial charge in [0.2, 0.25) is 0 Å². The second-order valence-corrected chi connectivity index (χ2v) is 13.9. The molecule has 8 aromatic carbocycles. The Morgan fingerprint density at radius 1 is 0.418 bits per heavy atom. The van der Waals surface area contributed by atoms with Gasteiger partial charge in [0.15, 0.2) is 0 Å². The molecule has 0 aliphatic rings. The van der Waals surface area contributed by atoms with E-state index in [2.05, 4.69) is 162 Å². The van der Waals surface area contributed by atoms with E-state index in [1.807, 2.05) is 54.6 Å². The molecule has 5 heteroatoms. The molecule has 0 amide bonds. The fourth-order valence-electron chi connectivity index (χ4n) is 7.64. The van der Waals surface area contributed by atoms with Crippen molar-refractivity contribution in [3.8, 4) is 17.8 Å². The van der Waals surface area contributed by atoms with Crippen molar-refractivity contribution in [1.29, 1.82) is 10.5 Å². The number of hydrogen-bond acceptors (Lipinski definition) is 4. The zero-order chi connectivity index (χ0) is 37.5. The SMILES string of the molecule is Cc1ccc(N(c2ccc3cc4c5ccc(N(c6ccc(C)cc6)c6ccccc6C#N)cc5n(-c5ccccc5)c4cc3c2)c2ccccc2C#N)cc1. The van der Waals surface area contributed by atoms with Crippen molar-refractivity contribution < 1.29 is 0 Å². The molecule has 0 N–H and O–H groups in total. The van der Waals surface area contributed by atoms with Crippen molar-refractivity contribution in [2.45, 2.75) is 13.8 Å². The Labute approximate surface area is 320 Å². The van der Waals surface area contributed by atoms with E-state index in [1.165, 1.54) is 11.1 Å². The Kier molecular flexibility index (Phi) is 8.31. The van der Waals surface area contributed by atoms with Crippen LogP contribution < -0.4 is 9.80 Å². The molecule has 260 valence electrons. The Morgan fingerprint density at radius 2 is 0.909 bits per heavy atom. The maximum absolute atomic E-state index is 10.2. The van der Waals surface area contributed by atoms with Crippen molar-refractivity contribution in [1.82, 2.24) is 4.57 Å². The Bertz CT molecular complexity index is 2960. The summed E-state index contributed by atoms with van der Waals surface area (Å²) in [4.78, 5) is 4.34. The number of benzene rings is 8. The summed E-state index contributed by atoms with van der Waals surface area (Å²) < 4.78 is 2.34. The van der Waals surface area contributed by atoms with Gasteiger partial charge in [-0.05, 0) is 122 Å². The summed E-state index contributed by atoms with van der Waals surface area (Å²) in [7, 11) is 0. The van der Waals surface area contributed by atoms with E-state index >= 15 is 0 Å². The molecule has 0 saturated heterocycles. The van der Waals surface area contributed by atoms with Gasteiger partial charge in [-0.15, -0.1) is 0 Å². The van der Waals surface area contributed by atoms with Gasteiger partial charge in [0.05, 0.1) is 33.5 Å². The lowest BCUT2D eigenvalue weighted by Crippen LogP contribution is -2.11. The molecule has 0 saturated carbocycles. The van der Waals surface area contributed by atoms with Gasteiger partial charge in [-0.25, -0.2) is 0 Å². The van der Waals surface area contributed by atoms with Crippen LogP contribution in [0, 0.1) is 36.5 Å². The van der Waals surface area contributed by atoms with Gasteiger partial charge in [-0.2, -0.15) is 10.5 Å². The van der Waals surface area contributed by atoms with Gasteiger partial charge in [0, 0.05) is 39.2 Å². The van der Waals surface area contributed by atoms with Crippen LogP contribution in [0.2, 0.25) is 0 Å². The summed E-state index contributed by atoms with van der Waals surface area (Å²) >= 11 is 0. The topological polar surface area (TPSA) is 59.0 Å². The number of anilines is 6. The van der Waals surface area contributed by atoms with E-state index in [-0.39, 0.29) is 0 Å². The molecule has 1 heterocycles. The summed E-state index contributed by atoms with van der Waals surface area (Å²) in [5, 5.41) is 24.8. The molecule has 0 unspecified atom stereocenters. The van der Waals surface area contributed by atoms with Crippen molar-refractivity contribution in [2.75, 3.05) is 9.80 Å². The number of nitriles is 2. The van der Waals surface area contributed by atoms with Crippen LogP contribution in [0.3, 0.4) is 0 Å². The number of nitrogens with zero attached hydrogens (tertiary/aromatic N) is 5. The Hall–Kier alpha value is -7.60. The first-order valence-corrected chi connectivity index (χ1v) is 18.3. The van der Waals surface area contributed by atoms with Crippen molar-refractivity contribution in [2.24, 2.45) is 0 Å². The van der Waals surface area contributed by atoms with Crippen LogP contribution >= 0.6 is 0 Å². The highest BCUT2D eigenvalue weighted by molar-refractivity contribution is 6.14. The minimum atomic E-state index is 0.603. The standard InChI is InChI=1S/C50H35N5/c1-34-16-21-41(22-17-34)53(47-14-8-6-10-37(47)32-51)43-25-20-36-29-46-45-27-26-44(31-50(45)55(40-12-4-3-5-13-40)49(46)30-39(36)28-43)54(42-23-18-35(2)19-24-42)48-15-9-7-11-38(48)33-52/h3-31H,1-2H3. The van der Waals surface area contributed by atoms with Crippen molar-refractivity contribution in [3.05, 3.63) is 198 Å². The van der Waals surface area contributed by atoms with Gasteiger partial charge in [0.25, 0.3) is 0 Å². The molecule has 0 radical (unpaired) electrons. The van der Waals surface area contributed by atoms with Gasteiger partial charge in [0.1, 0.15) is 12.1 Å². The first-order chi connectivity index (χ1) is 27.0. The van der Waals surface area contributed by atoms with E-state index in [0.29, 0.717) is 11.1 Å². The first kappa shape index (κ1) is 33.3. The van der Waals surface area contributed by atoms with Crippen LogP contribution in [-0.2, 0) is 0 Å².